The van der Waals surface area contributed by atoms with E-state index in [1.54, 1.807) is 0 Å². The minimum atomic E-state index is -0.803. The Labute approximate surface area is 188 Å². The summed E-state index contributed by atoms with van der Waals surface area (Å²) in [6.45, 7) is 10.8. The first-order valence-corrected chi connectivity index (χ1v) is 12.5. The number of hydrogen-bond donors (Lipinski definition) is 3. The second kappa shape index (κ2) is 8.68. The lowest BCUT2D eigenvalue weighted by atomic mass is 9.44. The maximum absolute atomic E-state index is 11.5. The van der Waals surface area contributed by atoms with Crippen LogP contribution in [0, 0.1) is 46.3 Å². The third-order valence-electron chi connectivity index (χ3n) is 10.2. The van der Waals surface area contributed by atoms with E-state index in [4.69, 9.17) is 5.11 Å². The zero-order chi connectivity index (χ0) is 23.2. The molecule has 3 rings (SSSR count). The van der Waals surface area contributed by atoms with Gasteiger partial charge in [-0.3, -0.25) is 9.59 Å². The predicted octanol–water partition coefficient (Wildman–Crippen LogP) is 5.60. The van der Waals surface area contributed by atoms with E-state index in [0.717, 1.165) is 32.1 Å². The van der Waals surface area contributed by atoms with Gasteiger partial charge in [-0.05, 0) is 112 Å². The third kappa shape index (κ3) is 4.54. The Morgan fingerprint density at radius 3 is 2.19 bits per heavy atom. The Morgan fingerprint density at radius 2 is 1.61 bits per heavy atom. The van der Waals surface area contributed by atoms with Crippen LogP contribution in [-0.2, 0) is 9.59 Å². The molecule has 0 saturated heterocycles. The van der Waals surface area contributed by atoms with Crippen molar-refractivity contribution in [2.45, 2.75) is 104 Å². The molecule has 178 valence electrons. The summed E-state index contributed by atoms with van der Waals surface area (Å²) in [5.41, 5.74) is -0.704. The number of carboxylic acid groups (broad SMARTS) is 2. The summed E-state index contributed by atoms with van der Waals surface area (Å²) in [5.74, 6) is 1.37. The summed E-state index contributed by atoms with van der Waals surface area (Å²) in [6, 6.07) is 0. The minimum absolute atomic E-state index is 0.122. The molecular weight excluding hydrogens is 392 g/mol. The molecule has 3 aliphatic rings. The van der Waals surface area contributed by atoms with Crippen LogP contribution >= 0.6 is 0 Å². The minimum Gasteiger partial charge on any atom is -0.481 e. The van der Waals surface area contributed by atoms with Gasteiger partial charge in [-0.25, -0.2) is 0 Å². The highest BCUT2D eigenvalue weighted by Gasteiger charge is 2.61. The Bertz CT molecular complexity index is 682. The van der Waals surface area contributed by atoms with Gasteiger partial charge in [0, 0.05) is 12.8 Å². The zero-order valence-electron chi connectivity index (χ0n) is 20.2. The molecule has 3 fully saturated rings. The maximum Gasteiger partial charge on any atom is 0.303 e. The number of hydrogen-bond acceptors (Lipinski definition) is 3. The highest BCUT2D eigenvalue weighted by atomic mass is 16.4. The molecule has 0 spiro atoms. The molecule has 5 heteroatoms. The molecule has 31 heavy (non-hydrogen) atoms. The monoisotopic (exact) mass is 436 g/mol. The lowest BCUT2D eigenvalue weighted by Crippen LogP contribution is -2.56. The van der Waals surface area contributed by atoms with E-state index in [0.29, 0.717) is 36.0 Å². The zero-order valence-corrected chi connectivity index (χ0v) is 20.2. The van der Waals surface area contributed by atoms with Crippen LogP contribution in [0.25, 0.3) is 0 Å². The van der Waals surface area contributed by atoms with Crippen molar-refractivity contribution >= 4 is 11.9 Å². The van der Waals surface area contributed by atoms with E-state index < -0.39 is 17.5 Å². The molecule has 0 aromatic carbocycles. The van der Waals surface area contributed by atoms with Crippen molar-refractivity contribution in [1.82, 2.24) is 0 Å². The van der Waals surface area contributed by atoms with Crippen LogP contribution in [0.15, 0.2) is 0 Å². The fourth-order valence-corrected chi connectivity index (χ4v) is 8.88. The predicted molar refractivity (Wildman–Crippen MR) is 121 cm³/mol. The lowest BCUT2D eigenvalue weighted by molar-refractivity contribution is -0.159. The van der Waals surface area contributed by atoms with Gasteiger partial charge in [0.1, 0.15) is 0 Å². The molecule has 3 saturated carbocycles. The molecular formula is C26H44O5. The van der Waals surface area contributed by atoms with Gasteiger partial charge in [-0.2, -0.15) is 0 Å². The molecule has 8 atom stereocenters. The molecule has 3 N–H and O–H groups in total. The van der Waals surface area contributed by atoms with Crippen LogP contribution in [0.5, 0.6) is 0 Å². The van der Waals surface area contributed by atoms with Gasteiger partial charge in [0.15, 0.2) is 0 Å². The largest absolute Gasteiger partial charge is 0.481 e. The van der Waals surface area contributed by atoms with Gasteiger partial charge in [0.2, 0.25) is 0 Å². The summed E-state index contributed by atoms with van der Waals surface area (Å²) in [5, 5.41) is 29.5. The molecule has 0 aromatic rings. The average molecular weight is 437 g/mol. The topological polar surface area (TPSA) is 94.8 Å². The van der Waals surface area contributed by atoms with Crippen LogP contribution < -0.4 is 0 Å². The molecule has 0 aliphatic heterocycles. The molecule has 0 amide bonds. The normalized spacial score (nSPS) is 41.3. The number of carbonyl (C=O) groups is 2. The van der Waals surface area contributed by atoms with Crippen LogP contribution in [0.4, 0.5) is 0 Å². The van der Waals surface area contributed by atoms with Gasteiger partial charge in [0.25, 0.3) is 0 Å². The van der Waals surface area contributed by atoms with Gasteiger partial charge in [0.05, 0.1) is 5.60 Å². The summed E-state index contributed by atoms with van der Waals surface area (Å²) in [6.07, 6.45) is 8.55. The molecule has 0 bridgehead atoms. The SMILES string of the molecule is C[C@H](CCC(=O)O)[C@H]1CC[C@H]2[C@@H]3CCC(C(C)(C)O)[C@](C)(CCC(=O)O)[C@H]3CC[C@]12C. The Kier molecular flexibility index (Phi) is 6.87. The molecule has 0 aromatic heterocycles. The van der Waals surface area contributed by atoms with E-state index in [2.05, 4.69) is 20.8 Å². The second-order valence-electron chi connectivity index (χ2n) is 12.2. The number of carboxylic acids is 2. The van der Waals surface area contributed by atoms with E-state index in [1.807, 2.05) is 13.8 Å². The third-order valence-corrected chi connectivity index (χ3v) is 10.2. The van der Waals surface area contributed by atoms with Crippen molar-refractivity contribution in [2.24, 2.45) is 46.3 Å². The fraction of sp³-hybridized carbons (Fsp3) is 0.923. The first kappa shape index (κ1) is 24.5. The fourth-order valence-electron chi connectivity index (χ4n) is 8.88. The Balaban J connectivity index is 1.84. The van der Waals surface area contributed by atoms with Crippen molar-refractivity contribution in [2.75, 3.05) is 0 Å². The number of fused-ring (bicyclic) bond motifs is 3. The summed E-state index contributed by atoms with van der Waals surface area (Å²) in [4.78, 5) is 22.6. The van der Waals surface area contributed by atoms with Crippen molar-refractivity contribution in [3.05, 3.63) is 0 Å². The van der Waals surface area contributed by atoms with E-state index in [9.17, 15) is 19.8 Å². The highest BCUT2D eigenvalue weighted by Crippen LogP contribution is 2.68. The second-order valence-corrected chi connectivity index (χ2v) is 12.2. The number of aliphatic carboxylic acids is 2. The summed E-state index contributed by atoms with van der Waals surface area (Å²) in [7, 11) is 0. The molecule has 1 unspecified atom stereocenters. The first-order chi connectivity index (χ1) is 14.3. The van der Waals surface area contributed by atoms with Crippen molar-refractivity contribution < 1.29 is 24.9 Å². The quantitative estimate of drug-likeness (QED) is 0.460. The molecule has 5 nitrogen and oxygen atoms in total. The summed E-state index contributed by atoms with van der Waals surface area (Å²) >= 11 is 0. The standard InChI is InChI=1S/C26H44O5/c1-16(6-11-22(27)28)18-8-9-19-17-7-10-21(24(2,3)31)26(5,15-13-23(29)30)20(17)12-14-25(18,19)4/h16-21,31H,6-15H2,1-5H3,(H,27,28)(H,29,30)/t16-,17+,18-,19+,20+,21?,25-,26-/m1/s1. The first-order valence-electron chi connectivity index (χ1n) is 12.5. The molecule has 0 radical (unpaired) electrons. The van der Waals surface area contributed by atoms with Crippen LogP contribution in [0.3, 0.4) is 0 Å². The number of rotatable bonds is 8. The molecule has 3 aliphatic carbocycles. The van der Waals surface area contributed by atoms with Crippen molar-refractivity contribution in [3.8, 4) is 0 Å². The number of aliphatic hydroxyl groups is 1. The van der Waals surface area contributed by atoms with Gasteiger partial charge >= 0.3 is 11.9 Å². The summed E-state index contributed by atoms with van der Waals surface area (Å²) < 4.78 is 0. The van der Waals surface area contributed by atoms with E-state index in [-0.39, 0.29) is 29.6 Å². The lowest BCUT2D eigenvalue weighted by Gasteiger charge is -2.61. The smallest absolute Gasteiger partial charge is 0.303 e. The van der Waals surface area contributed by atoms with Crippen LogP contribution in [-0.4, -0.2) is 32.9 Å². The van der Waals surface area contributed by atoms with Gasteiger partial charge in [-0.15, -0.1) is 0 Å². The Morgan fingerprint density at radius 1 is 0.968 bits per heavy atom. The van der Waals surface area contributed by atoms with E-state index >= 15 is 0 Å². The van der Waals surface area contributed by atoms with Crippen molar-refractivity contribution in [3.63, 3.8) is 0 Å². The molecule has 0 heterocycles. The maximum atomic E-state index is 11.5. The van der Waals surface area contributed by atoms with Crippen LogP contribution in [0.2, 0.25) is 0 Å². The highest BCUT2D eigenvalue weighted by molar-refractivity contribution is 5.67. The van der Waals surface area contributed by atoms with Gasteiger partial charge < -0.3 is 15.3 Å². The average Bonchev–Trinajstić information content (AvgIpc) is 3.01. The Hall–Kier alpha value is -1.10. The van der Waals surface area contributed by atoms with Crippen molar-refractivity contribution in [1.29, 1.82) is 0 Å². The van der Waals surface area contributed by atoms with E-state index in [1.165, 1.54) is 12.8 Å². The van der Waals surface area contributed by atoms with Crippen LogP contribution in [0.1, 0.15) is 98.8 Å². The van der Waals surface area contributed by atoms with Gasteiger partial charge in [-0.1, -0.05) is 20.8 Å².